The maximum absolute atomic E-state index is 13.7. The van der Waals surface area contributed by atoms with Crippen LogP contribution in [0.3, 0.4) is 0 Å². The third kappa shape index (κ3) is 2.88. The number of benzene rings is 1. The summed E-state index contributed by atoms with van der Waals surface area (Å²) < 4.78 is 54.2. The van der Waals surface area contributed by atoms with Crippen LogP contribution in [0.5, 0.6) is 0 Å². The highest BCUT2D eigenvalue weighted by atomic mass is 19.4. The first-order chi connectivity index (χ1) is 12.3. The minimum Gasteiger partial charge on any atom is -0.370 e. The second-order valence-corrected chi connectivity index (χ2v) is 6.73. The Bertz CT molecular complexity index is 819. The molecule has 0 spiro atoms. The summed E-state index contributed by atoms with van der Waals surface area (Å²) in [7, 11) is 1.74. The van der Waals surface area contributed by atoms with Crippen molar-refractivity contribution in [1.82, 2.24) is 10.3 Å². The van der Waals surface area contributed by atoms with Gasteiger partial charge in [-0.3, -0.25) is 0 Å². The van der Waals surface area contributed by atoms with Crippen molar-refractivity contribution < 1.29 is 17.6 Å². The molecule has 26 heavy (non-hydrogen) atoms. The number of piperidine rings is 1. The van der Waals surface area contributed by atoms with Gasteiger partial charge in [0.25, 0.3) is 0 Å². The van der Waals surface area contributed by atoms with Gasteiger partial charge in [-0.2, -0.15) is 17.6 Å². The zero-order valence-electron chi connectivity index (χ0n) is 14.1. The molecule has 2 aromatic rings. The molecule has 4 nitrogen and oxygen atoms in total. The number of hydrogen-bond acceptors (Lipinski definition) is 4. The second-order valence-electron chi connectivity index (χ2n) is 6.73. The van der Waals surface area contributed by atoms with Crippen LogP contribution in [-0.2, 0) is 6.18 Å². The molecule has 2 N–H and O–H groups in total. The first kappa shape index (κ1) is 17.1. The van der Waals surface area contributed by atoms with Crippen molar-refractivity contribution in [2.24, 2.45) is 0 Å². The van der Waals surface area contributed by atoms with Gasteiger partial charge in [-0.1, -0.05) is 0 Å². The smallest absolute Gasteiger partial charge is 0.370 e. The maximum Gasteiger partial charge on any atom is 0.418 e. The lowest BCUT2D eigenvalue weighted by molar-refractivity contribution is -0.137. The molecule has 1 fully saturated rings. The molecule has 0 bridgehead atoms. The van der Waals surface area contributed by atoms with E-state index >= 15 is 0 Å². The van der Waals surface area contributed by atoms with Crippen LogP contribution in [-0.4, -0.2) is 31.2 Å². The van der Waals surface area contributed by atoms with Crippen LogP contribution >= 0.6 is 0 Å². The summed E-state index contributed by atoms with van der Waals surface area (Å²) in [4.78, 5) is 5.30. The van der Waals surface area contributed by atoms with Gasteiger partial charge < -0.3 is 15.5 Å². The lowest BCUT2D eigenvalue weighted by atomic mass is 9.89. The zero-order chi connectivity index (χ0) is 18.5. The van der Waals surface area contributed by atoms with Gasteiger partial charge in [0.1, 0.15) is 0 Å². The number of pyridine rings is 1. The predicted molar refractivity (Wildman–Crippen MR) is 91.3 cm³/mol. The van der Waals surface area contributed by atoms with E-state index in [1.807, 2.05) is 0 Å². The topological polar surface area (TPSA) is 40.2 Å². The fraction of sp³-hybridized carbons (Fsp3) is 0.389. The van der Waals surface area contributed by atoms with Gasteiger partial charge in [-0.25, -0.2) is 4.98 Å². The predicted octanol–water partition coefficient (Wildman–Crippen LogP) is 3.88. The first-order valence-electron chi connectivity index (χ1n) is 8.42. The van der Waals surface area contributed by atoms with E-state index in [4.69, 9.17) is 0 Å². The number of fused-ring (bicyclic) bond motifs is 3. The summed E-state index contributed by atoms with van der Waals surface area (Å²) >= 11 is 0. The fourth-order valence-electron chi connectivity index (χ4n) is 4.03. The average molecular weight is 366 g/mol. The Morgan fingerprint density at radius 1 is 1.23 bits per heavy atom. The Kier molecular flexibility index (Phi) is 4.02. The van der Waals surface area contributed by atoms with Crippen molar-refractivity contribution in [2.45, 2.75) is 24.6 Å². The highest BCUT2D eigenvalue weighted by Crippen LogP contribution is 2.50. The van der Waals surface area contributed by atoms with E-state index in [2.05, 4.69) is 15.6 Å². The Hall–Kier alpha value is -2.35. The molecule has 0 unspecified atom stereocenters. The summed E-state index contributed by atoms with van der Waals surface area (Å²) in [6, 6.07) is 5.55. The van der Waals surface area contributed by atoms with E-state index in [1.54, 1.807) is 18.0 Å². The van der Waals surface area contributed by atoms with Gasteiger partial charge in [-0.15, -0.1) is 0 Å². The molecule has 0 saturated carbocycles. The van der Waals surface area contributed by atoms with Crippen LogP contribution in [0.2, 0.25) is 0 Å². The van der Waals surface area contributed by atoms with Crippen LogP contribution in [0.15, 0.2) is 30.5 Å². The normalized spacial score (nSPS) is 22.1. The molecular weight excluding hydrogens is 348 g/mol. The molecule has 4 rings (SSSR count). The standard InChI is InChI=1S/C18H18F4N4/c1-26-15-4-5-23-9-13(15)12-6-11(7-14(17(12)26)18(20,21)22)25-10-2-3-16(19)24-8-10/h2-3,6-8,13,15,23,25H,4-5,9H2,1H3/t13-,15-/m1/s1. The summed E-state index contributed by atoms with van der Waals surface area (Å²) in [5.74, 6) is -0.629. The number of rotatable bonds is 2. The molecule has 8 heteroatoms. The minimum absolute atomic E-state index is 0.0120. The summed E-state index contributed by atoms with van der Waals surface area (Å²) in [5.41, 5.74) is 1.06. The number of alkyl halides is 3. The van der Waals surface area contributed by atoms with Gasteiger partial charge in [0.2, 0.25) is 5.95 Å². The highest BCUT2D eigenvalue weighted by molar-refractivity contribution is 5.74. The number of halogens is 4. The third-order valence-corrected chi connectivity index (χ3v) is 5.16. The minimum atomic E-state index is -4.46. The van der Waals surface area contributed by atoms with E-state index < -0.39 is 17.7 Å². The fourth-order valence-corrected chi connectivity index (χ4v) is 4.03. The SMILES string of the molecule is CN1c2c(cc(Nc3ccc(F)nc3)cc2C(F)(F)F)[C@H]2CNCC[C@H]21. The van der Waals surface area contributed by atoms with Crippen molar-refractivity contribution in [3.63, 3.8) is 0 Å². The van der Waals surface area contributed by atoms with Gasteiger partial charge >= 0.3 is 6.18 Å². The molecule has 1 saturated heterocycles. The van der Waals surface area contributed by atoms with Crippen molar-refractivity contribution in [1.29, 1.82) is 0 Å². The number of nitrogens with zero attached hydrogens (tertiary/aromatic N) is 2. The number of aromatic nitrogens is 1. The van der Waals surface area contributed by atoms with Crippen molar-refractivity contribution >= 4 is 17.1 Å². The lowest BCUT2D eigenvalue weighted by Gasteiger charge is -2.31. The quantitative estimate of drug-likeness (QED) is 0.625. The number of anilines is 3. The van der Waals surface area contributed by atoms with Gasteiger partial charge in [0.15, 0.2) is 0 Å². The van der Waals surface area contributed by atoms with Gasteiger partial charge in [0, 0.05) is 31.2 Å². The molecule has 0 amide bonds. The summed E-state index contributed by atoms with van der Waals surface area (Å²) in [5, 5.41) is 6.19. The van der Waals surface area contributed by atoms with Crippen molar-refractivity contribution in [3.05, 3.63) is 47.5 Å². The Morgan fingerprint density at radius 2 is 2.04 bits per heavy atom. The van der Waals surface area contributed by atoms with Crippen molar-refractivity contribution in [2.75, 3.05) is 30.4 Å². The highest BCUT2D eigenvalue weighted by Gasteiger charge is 2.45. The average Bonchev–Trinajstić information content (AvgIpc) is 2.89. The summed E-state index contributed by atoms with van der Waals surface area (Å²) in [6.07, 6.45) is -2.40. The zero-order valence-corrected chi connectivity index (χ0v) is 14.1. The molecule has 138 valence electrons. The van der Waals surface area contributed by atoms with E-state index in [9.17, 15) is 17.6 Å². The second kappa shape index (κ2) is 6.12. The van der Waals surface area contributed by atoms with E-state index in [0.717, 1.165) is 25.1 Å². The molecule has 0 aliphatic carbocycles. The van der Waals surface area contributed by atoms with Gasteiger partial charge in [0.05, 0.1) is 23.1 Å². The number of hydrogen-bond donors (Lipinski definition) is 2. The first-order valence-corrected chi connectivity index (χ1v) is 8.42. The molecule has 2 atom stereocenters. The van der Waals surface area contributed by atoms with E-state index in [0.29, 0.717) is 23.5 Å². The van der Waals surface area contributed by atoms with Crippen LogP contribution in [0, 0.1) is 5.95 Å². The molecule has 3 heterocycles. The Morgan fingerprint density at radius 3 is 2.73 bits per heavy atom. The molecule has 0 radical (unpaired) electrons. The number of nitrogens with one attached hydrogen (secondary N) is 2. The number of likely N-dealkylation sites (N-methyl/N-ethyl adjacent to an activating group) is 1. The third-order valence-electron chi connectivity index (χ3n) is 5.16. The molecular formula is C18H18F4N4. The Balaban J connectivity index is 1.79. The van der Waals surface area contributed by atoms with Crippen LogP contribution in [0.1, 0.15) is 23.5 Å². The lowest BCUT2D eigenvalue weighted by Crippen LogP contribution is -2.42. The van der Waals surface area contributed by atoms with E-state index in [1.165, 1.54) is 12.3 Å². The molecule has 1 aromatic carbocycles. The van der Waals surface area contributed by atoms with E-state index in [-0.39, 0.29) is 17.6 Å². The van der Waals surface area contributed by atoms with Crippen LogP contribution < -0.4 is 15.5 Å². The van der Waals surface area contributed by atoms with Crippen LogP contribution in [0.25, 0.3) is 0 Å². The van der Waals surface area contributed by atoms with Crippen molar-refractivity contribution in [3.8, 4) is 0 Å². The maximum atomic E-state index is 13.7. The Labute approximate surface area is 148 Å². The molecule has 2 aliphatic rings. The molecule has 2 aliphatic heterocycles. The van der Waals surface area contributed by atoms with Crippen LogP contribution in [0.4, 0.5) is 34.6 Å². The largest absolute Gasteiger partial charge is 0.418 e. The molecule has 1 aromatic heterocycles. The summed E-state index contributed by atoms with van der Waals surface area (Å²) in [6.45, 7) is 1.45. The van der Waals surface area contributed by atoms with Gasteiger partial charge in [-0.05, 0) is 42.8 Å². The monoisotopic (exact) mass is 366 g/mol.